The van der Waals surface area contributed by atoms with Gasteiger partial charge in [-0.25, -0.2) is 0 Å². The number of hydrogen-bond donors (Lipinski definition) is 2. The molecule has 2 aromatic heterocycles. The van der Waals surface area contributed by atoms with E-state index in [9.17, 15) is 4.79 Å². The fourth-order valence-corrected chi connectivity index (χ4v) is 2.42. The second kappa shape index (κ2) is 5.66. The van der Waals surface area contributed by atoms with Crippen LogP contribution < -0.4 is 5.32 Å². The number of benzene rings is 2. The van der Waals surface area contributed by atoms with Crippen LogP contribution in [0.25, 0.3) is 22.4 Å². The number of nitrogens with zero attached hydrogens (tertiary/aromatic N) is 2. The van der Waals surface area contributed by atoms with Crippen LogP contribution in [-0.2, 0) is 0 Å². The second-order valence-corrected chi connectivity index (χ2v) is 5.48. The molecule has 2 heterocycles. The van der Waals surface area contributed by atoms with Crippen molar-refractivity contribution in [2.45, 2.75) is 6.92 Å². The number of aryl methyl sites for hydroxylation is 1. The predicted molar refractivity (Wildman–Crippen MR) is 90.7 cm³/mol. The van der Waals surface area contributed by atoms with Crippen LogP contribution in [0.5, 0.6) is 0 Å². The zero-order valence-corrected chi connectivity index (χ0v) is 12.9. The van der Waals surface area contributed by atoms with Crippen molar-refractivity contribution in [2.24, 2.45) is 0 Å². The lowest BCUT2D eigenvalue weighted by molar-refractivity contribution is 0.0998. The van der Waals surface area contributed by atoms with E-state index in [1.54, 1.807) is 6.07 Å². The van der Waals surface area contributed by atoms with Gasteiger partial charge < -0.3 is 4.42 Å². The van der Waals surface area contributed by atoms with Gasteiger partial charge in [-0.1, -0.05) is 48.0 Å². The molecule has 4 aromatic rings. The summed E-state index contributed by atoms with van der Waals surface area (Å²) >= 11 is 0. The number of H-pyrrole nitrogens is 1. The molecule has 0 spiro atoms. The molecule has 0 fully saturated rings. The molecule has 2 aromatic carbocycles. The average molecular weight is 318 g/mol. The van der Waals surface area contributed by atoms with E-state index >= 15 is 0 Å². The highest BCUT2D eigenvalue weighted by atomic mass is 16.3. The minimum absolute atomic E-state index is 0.205. The van der Waals surface area contributed by atoms with E-state index in [2.05, 4.69) is 20.5 Å². The Hall–Kier alpha value is -3.41. The quantitative estimate of drug-likeness (QED) is 0.602. The number of furan rings is 1. The van der Waals surface area contributed by atoms with Crippen LogP contribution >= 0.6 is 0 Å². The van der Waals surface area contributed by atoms with Gasteiger partial charge in [0.15, 0.2) is 11.6 Å². The van der Waals surface area contributed by atoms with E-state index in [-0.39, 0.29) is 17.6 Å². The van der Waals surface area contributed by atoms with E-state index in [0.29, 0.717) is 11.4 Å². The Balaban J connectivity index is 1.54. The smallest absolute Gasteiger partial charge is 0.293 e. The topological polar surface area (TPSA) is 83.8 Å². The molecule has 0 saturated carbocycles. The van der Waals surface area contributed by atoms with Gasteiger partial charge in [0.2, 0.25) is 5.95 Å². The zero-order valence-electron chi connectivity index (χ0n) is 12.9. The number of fused-ring (bicyclic) bond motifs is 1. The van der Waals surface area contributed by atoms with Gasteiger partial charge in [0, 0.05) is 10.9 Å². The first-order valence-electron chi connectivity index (χ1n) is 7.48. The van der Waals surface area contributed by atoms with E-state index in [4.69, 9.17) is 4.42 Å². The summed E-state index contributed by atoms with van der Waals surface area (Å²) in [5.74, 6) is 0.629. The van der Waals surface area contributed by atoms with Crippen molar-refractivity contribution in [1.82, 2.24) is 15.2 Å². The van der Waals surface area contributed by atoms with Gasteiger partial charge in [0.25, 0.3) is 5.91 Å². The Morgan fingerprint density at radius 1 is 1.12 bits per heavy atom. The van der Waals surface area contributed by atoms with Crippen LogP contribution in [0.4, 0.5) is 5.95 Å². The maximum absolute atomic E-state index is 12.3. The summed E-state index contributed by atoms with van der Waals surface area (Å²) in [6.45, 7) is 2.02. The third-order valence-electron chi connectivity index (χ3n) is 3.69. The molecule has 0 unspecified atom stereocenters. The first-order valence-corrected chi connectivity index (χ1v) is 7.48. The average Bonchev–Trinajstić information content (AvgIpc) is 3.22. The van der Waals surface area contributed by atoms with E-state index < -0.39 is 0 Å². The number of aromatic nitrogens is 3. The third-order valence-corrected chi connectivity index (χ3v) is 3.69. The monoisotopic (exact) mass is 318 g/mol. The molecule has 118 valence electrons. The van der Waals surface area contributed by atoms with Gasteiger partial charge in [-0.05, 0) is 19.1 Å². The first-order chi connectivity index (χ1) is 11.7. The molecule has 0 saturated heterocycles. The molecule has 2 N–H and O–H groups in total. The van der Waals surface area contributed by atoms with Gasteiger partial charge in [-0.3, -0.25) is 15.2 Å². The van der Waals surface area contributed by atoms with Gasteiger partial charge >= 0.3 is 0 Å². The van der Waals surface area contributed by atoms with Crippen LogP contribution in [0.1, 0.15) is 16.1 Å². The minimum atomic E-state index is -0.388. The molecule has 1 amide bonds. The minimum Gasteiger partial charge on any atom is -0.451 e. The Kier molecular flexibility index (Phi) is 3.35. The van der Waals surface area contributed by atoms with Crippen molar-refractivity contribution in [3.05, 3.63) is 65.9 Å². The molecule has 4 rings (SSSR count). The number of carbonyl (C=O) groups excluding carboxylic acids is 1. The number of hydrogen-bond acceptors (Lipinski definition) is 4. The molecule has 0 radical (unpaired) electrons. The summed E-state index contributed by atoms with van der Waals surface area (Å²) in [5, 5.41) is 10.4. The number of rotatable bonds is 3. The van der Waals surface area contributed by atoms with Crippen molar-refractivity contribution < 1.29 is 9.21 Å². The lowest BCUT2D eigenvalue weighted by Gasteiger charge is -1.97. The molecule has 0 atom stereocenters. The fraction of sp³-hybridized carbons (Fsp3) is 0.0556. The van der Waals surface area contributed by atoms with Crippen molar-refractivity contribution in [1.29, 1.82) is 0 Å². The fourth-order valence-electron chi connectivity index (χ4n) is 2.42. The number of para-hydroxylation sites is 1. The normalized spacial score (nSPS) is 10.9. The molecular formula is C18H14N4O2. The summed E-state index contributed by atoms with van der Waals surface area (Å²) in [6.07, 6.45) is 0. The lowest BCUT2D eigenvalue weighted by Crippen LogP contribution is -2.11. The van der Waals surface area contributed by atoms with E-state index in [1.807, 2.05) is 55.5 Å². The number of aromatic amines is 1. The summed E-state index contributed by atoms with van der Waals surface area (Å²) in [7, 11) is 0. The van der Waals surface area contributed by atoms with Crippen LogP contribution in [0.2, 0.25) is 0 Å². The zero-order chi connectivity index (χ0) is 16.5. The molecule has 0 aliphatic carbocycles. The Labute approximate surface area is 137 Å². The van der Waals surface area contributed by atoms with E-state index in [1.165, 1.54) is 0 Å². The standard InChI is InChI=1S/C18H14N4O2/c1-11-6-8-12(9-7-11)16-19-18(22-21-16)20-17(23)15-10-13-4-2-3-5-14(13)24-15/h2-10H,1H3,(H2,19,20,21,22,23). The van der Waals surface area contributed by atoms with Gasteiger partial charge in [-0.15, -0.1) is 5.10 Å². The van der Waals surface area contributed by atoms with Gasteiger partial charge in [-0.2, -0.15) is 4.98 Å². The number of nitrogens with one attached hydrogen (secondary N) is 2. The molecule has 0 aliphatic heterocycles. The van der Waals surface area contributed by atoms with Crippen LogP contribution in [-0.4, -0.2) is 21.1 Å². The number of carbonyl (C=O) groups is 1. The van der Waals surface area contributed by atoms with Gasteiger partial charge in [0.05, 0.1) is 0 Å². The summed E-state index contributed by atoms with van der Waals surface area (Å²) < 4.78 is 5.53. The van der Waals surface area contributed by atoms with Crippen molar-refractivity contribution >= 4 is 22.8 Å². The Morgan fingerprint density at radius 2 is 1.92 bits per heavy atom. The molecule has 6 heteroatoms. The van der Waals surface area contributed by atoms with Crippen molar-refractivity contribution in [2.75, 3.05) is 5.32 Å². The molecular weight excluding hydrogens is 304 g/mol. The first kappa shape index (κ1) is 14.2. The van der Waals surface area contributed by atoms with Crippen LogP contribution in [0.3, 0.4) is 0 Å². The number of amides is 1. The van der Waals surface area contributed by atoms with Crippen molar-refractivity contribution in [3.63, 3.8) is 0 Å². The molecule has 6 nitrogen and oxygen atoms in total. The van der Waals surface area contributed by atoms with E-state index in [0.717, 1.165) is 16.5 Å². The highest BCUT2D eigenvalue weighted by Crippen LogP contribution is 2.20. The lowest BCUT2D eigenvalue weighted by atomic mass is 10.1. The van der Waals surface area contributed by atoms with Gasteiger partial charge in [0.1, 0.15) is 5.58 Å². The maximum atomic E-state index is 12.3. The molecule has 24 heavy (non-hydrogen) atoms. The Morgan fingerprint density at radius 3 is 2.71 bits per heavy atom. The summed E-state index contributed by atoms with van der Waals surface area (Å²) in [6, 6.07) is 17.0. The Bertz CT molecular complexity index is 982. The third kappa shape index (κ3) is 2.65. The number of anilines is 1. The predicted octanol–water partition coefficient (Wildman–Crippen LogP) is 3.78. The SMILES string of the molecule is Cc1ccc(-c2nc(NC(=O)c3cc4ccccc4o3)n[nH]2)cc1. The largest absolute Gasteiger partial charge is 0.451 e. The van der Waals surface area contributed by atoms with Crippen LogP contribution in [0, 0.1) is 6.92 Å². The van der Waals surface area contributed by atoms with Crippen LogP contribution in [0.15, 0.2) is 59.0 Å². The maximum Gasteiger partial charge on any atom is 0.293 e. The molecule has 0 bridgehead atoms. The highest BCUT2D eigenvalue weighted by Gasteiger charge is 2.15. The highest BCUT2D eigenvalue weighted by molar-refractivity contribution is 6.03. The summed E-state index contributed by atoms with van der Waals surface area (Å²) in [4.78, 5) is 16.6. The second-order valence-electron chi connectivity index (χ2n) is 5.48. The summed E-state index contributed by atoms with van der Waals surface area (Å²) in [5.41, 5.74) is 2.73. The molecule has 0 aliphatic rings. The van der Waals surface area contributed by atoms with Crippen molar-refractivity contribution in [3.8, 4) is 11.4 Å².